The fourth-order valence-electron chi connectivity index (χ4n) is 2.00. The second kappa shape index (κ2) is 5.98. The van der Waals surface area contributed by atoms with E-state index in [1.807, 2.05) is 6.20 Å². The summed E-state index contributed by atoms with van der Waals surface area (Å²) in [5.41, 5.74) is 1.26. The number of hydrogen-bond donors (Lipinski definition) is 1. The van der Waals surface area contributed by atoms with E-state index in [0.717, 1.165) is 19.5 Å². The Hall–Kier alpha value is -1.13. The third-order valence-corrected chi connectivity index (χ3v) is 3.65. The van der Waals surface area contributed by atoms with Gasteiger partial charge in [-0.2, -0.15) is 5.10 Å². The van der Waals surface area contributed by atoms with E-state index in [1.54, 1.807) is 11.3 Å². The molecule has 2 aromatic heterocycles. The van der Waals surface area contributed by atoms with E-state index in [9.17, 15) is 0 Å². The second-order valence-electron chi connectivity index (χ2n) is 3.99. The summed E-state index contributed by atoms with van der Waals surface area (Å²) in [4.78, 5) is 1.35. The number of rotatable bonds is 6. The van der Waals surface area contributed by atoms with Gasteiger partial charge in [-0.1, -0.05) is 19.9 Å². The Kier molecular flexibility index (Phi) is 4.34. The van der Waals surface area contributed by atoms with Crippen LogP contribution in [-0.4, -0.2) is 16.3 Å². The zero-order chi connectivity index (χ0) is 12.1. The molecule has 0 saturated heterocycles. The van der Waals surface area contributed by atoms with Crippen LogP contribution in [0.5, 0.6) is 0 Å². The molecule has 0 aliphatic carbocycles. The topological polar surface area (TPSA) is 29.9 Å². The molecule has 2 aromatic rings. The lowest BCUT2D eigenvalue weighted by molar-refractivity contribution is 0.524. The highest BCUT2D eigenvalue weighted by atomic mass is 32.1. The van der Waals surface area contributed by atoms with Gasteiger partial charge in [-0.05, 0) is 30.5 Å². The molecule has 1 N–H and O–H groups in total. The predicted molar refractivity (Wildman–Crippen MR) is 72.4 cm³/mol. The largest absolute Gasteiger partial charge is 0.305 e. The average Bonchev–Trinajstić information content (AvgIpc) is 2.97. The third-order valence-electron chi connectivity index (χ3n) is 2.72. The van der Waals surface area contributed by atoms with Crippen molar-refractivity contribution in [3.05, 3.63) is 40.3 Å². The number of thiophene rings is 1. The first-order valence-corrected chi connectivity index (χ1v) is 7.03. The van der Waals surface area contributed by atoms with Crippen molar-refractivity contribution in [3.63, 3.8) is 0 Å². The van der Waals surface area contributed by atoms with Crippen molar-refractivity contribution in [2.45, 2.75) is 32.9 Å². The average molecular weight is 249 g/mol. The maximum Gasteiger partial charge on any atom is 0.0841 e. The second-order valence-corrected chi connectivity index (χ2v) is 4.96. The van der Waals surface area contributed by atoms with Gasteiger partial charge in [0.1, 0.15) is 0 Å². The monoisotopic (exact) mass is 249 g/mol. The highest BCUT2D eigenvalue weighted by Crippen LogP contribution is 2.25. The van der Waals surface area contributed by atoms with Crippen LogP contribution < -0.4 is 5.32 Å². The van der Waals surface area contributed by atoms with E-state index in [4.69, 9.17) is 0 Å². The maximum absolute atomic E-state index is 4.40. The van der Waals surface area contributed by atoms with Crippen molar-refractivity contribution in [3.8, 4) is 0 Å². The molecular weight excluding hydrogens is 230 g/mol. The Morgan fingerprint density at radius 2 is 2.29 bits per heavy atom. The van der Waals surface area contributed by atoms with Crippen molar-refractivity contribution in [1.29, 1.82) is 0 Å². The number of nitrogens with zero attached hydrogens (tertiary/aromatic N) is 2. The molecule has 0 aromatic carbocycles. The fourth-order valence-corrected chi connectivity index (χ4v) is 2.81. The molecule has 0 bridgehead atoms. The van der Waals surface area contributed by atoms with Crippen LogP contribution in [0, 0.1) is 0 Å². The van der Waals surface area contributed by atoms with Gasteiger partial charge >= 0.3 is 0 Å². The van der Waals surface area contributed by atoms with Crippen LogP contribution in [-0.2, 0) is 6.54 Å². The quantitative estimate of drug-likeness (QED) is 0.852. The van der Waals surface area contributed by atoms with Gasteiger partial charge in [0.2, 0.25) is 0 Å². The molecule has 0 spiro atoms. The highest BCUT2D eigenvalue weighted by Gasteiger charge is 2.17. The summed E-state index contributed by atoms with van der Waals surface area (Å²) in [6.07, 6.45) is 3.00. The maximum atomic E-state index is 4.40. The van der Waals surface area contributed by atoms with Crippen LogP contribution in [0.25, 0.3) is 0 Å². The van der Waals surface area contributed by atoms with Crippen molar-refractivity contribution >= 4 is 11.3 Å². The van der Waals surface area contributed by atoms with E-state index < -0.39 is 0 Å². The van der Waals surface area contributed by atoms with E-state index >= 15 is 0 Å². The Morgan fingerprint density at radius 3 is 2.94 bits per heavy atom. The first-order valence-electron chi connectivity index (χ1n) is 6.15. The van der Waals surface area contributed by atoms with Gasteiger partial charge in [0.15, 0.2) is 0 Å². The van der Waals surface area contributed by atoms with Crippen LogP contribution >= 0.6 is 11.3 Å². The molecule has 92 valence electrons. The van der Waals surface area contributed by atoms with Gasteiger partial charge in [-0.3, -0.25) is 4.68 Å². The summed E-state index contributed by atoms with van der Waals surface area (Å²) >= 11 is 1.79. The van der Waals surface area contributed by atoms with Crippen LogP contribution in [0.4, 0.5) is 0 Å². The molecule has 1 unspecified atom stereocenters. The van der Waals surface area contributed by atoms with Crippen molar-refractivity contribution in [2.24, 2.45) is 0 Å². The van der Waals surface area contributed by atoms with Gasteiger partial charge < -0.3 is 5.32 Å². The Bertz CT molecular complexity index is 433. The first kappa shape index (κ1) is 12.3. The molecule has 2 rings (SSSR count). The summed E-state index contributed by atoms with van der Waals surface area (Å²) in [7, 11) is 0. The normalized spacial score (nSPS) is 12.8. The van der Waals surface area contributed by atoms with Crippen LogP contribution in [0.1, 0.15) is 36.9 Å². The van der Waals surface area contributed by atoms with Gasteiger partial charge in [0.05, 0.1) is 11.7 Å². The molecule has 17 heavy (non-hydrogen) atoms. The highest BCUT2D eigenvalue weighted by molar-refractivity contribution is 7.10. The molecule has 0 aliphatic heterocycles. The van der Waals surface area contributed by atoms with E-state index in [2.05, 4.69) is 52.5 Å². The standard InChI is InChI=1S/C13H19N3S/c1-3-9-16-11(7-8-15-16)13(14-4-2)12-6-5-10-17-12/h5-8,10,13-14H,3-4,9H2,1-2H3. The van der Waals surface area contributed by atoms with Crippen LogP contribution in [0.2, 0.25) is 0 Å². The lowest BCUT2D eigenvalue weighted by Crippen LogP contribution is -2.24. The van der Waals surface area contributed by atoms with Crippen molar-refractivity contribution < 1.29 is 0 Å². The smallest absolute Gasteiger partial charge is 0.0841 e. The molecule has 4 heteroatoms. The number of hydrogen-bond acceptors (Lipinski definition) is 3. The third kappa shape index (κ3) is 2.76. The lowest BCUT2D eigenvalue weighted by Gasteiger charge is -2.18. The van der Waals surface area contributed by atoms with Gasteiger partial charge in [0.25, 0.3) is 0 Å². The van der Waals surface area contributed by atoms with Crippen molar-refractivity contribution in [1.82, 2.24) is 15.1 Å². The number of aromatic nitrogens is 2. The van der Waals surface area contributed by atoms with Gasteiger partial charge in [-0.15, -0.1) is 11.3 Å². The van der Waals surface area contributed by atoms with Crippen LogP contribution in [0.3, 0.4) is 0 Å². The molecule has 3 nitrogen and oxygen atoms in total. The zero-order valence-corrected chi connectivity index (χ0v) is 11.2. The molecule has 0 fully saturated rings. The van der Waals surface area contributed by atoms with Gasteiger partial charge in [-0.25, -0.2) is 0 Å². The predicted octanol–water partition coefficient (Wildman–Crippen LogP) is 3.05. The minimum Gasteiger partial charge on any atom is -0.305 e. The molecule has 0 aliphatic rings. The van der Waals surface area contributed by atoms with Crippen LogP contribution in [0.15, 0.2) is 29.8 Å². The summed E-state index contributed by atoms with van der Waals surface area (Å²) in [6, 6.07) is 6.67. The van der Waals surface area contributed by atoms with Gasteiger partial charge in [0, 0.05) is 17.6 Å². The Labute approximate surface area is 106 Å². The minimum absolute atomic E-state index is 0.272. The summed E-state index contributed by atoms with van der Waals surface area (Å²) in [5, 5.41) is 10.1. The molecule has 0 amide bonds. The molecule has 1 atom stereocenters. The SMILES string of the molecule is CCCn1nccc1C(NCC)c1cccs1. The van der Waals surface area contributed by atoms with Crippen molar-refractivity contribution in [2.75, 3.05) is 6.54 Å². The molecule has 0 saturated carbocycles. The van der Waals surface area contributed by atoms with E-state index in [-0.39, 0.29) is 6.04 Å². The summed E-state index contributed by atoms with van der Waals surface area (Å²) < 4.78 is 2.10. The lowest BCUT2D eigenvalue weighted by atomic mass is 10.1. The summed E-state index contributed by atoms with van der Waals surface area (Å²) in [5.74, 6) is 0. The molecule has 0 radical (unpaired) electrons. The Balaban J connectivity index is 2.29. The number of nitrogens with one attached hydrogen (secondary N) is 1. The van der Waals surface area contributed by atoms with E-state index in [0.29, 0.717) is 0 Å². The molecule has 2 heterocycles. The van der Waals surface area contributed by atoms with E-state index in [1.165, 1.54) is 10.6 Å². The summed E-state index contributed by atoms with van der Waals surface area (Å²) in [6.45, 7) is 6.26. The number of aryl methyl sites for hydroxylation is 1. The Morgan fingerprint density at radius 1 is 1.41 bits per heavy atom. The minimum atomic E-state index is 0.272. The first-order chi connectivity index (χ1) is 8.36. The molecular formula is C13H19N3S. The zero-order valence-electron chi connectivity index (χ0n) is 10.4. The fraction of sp³-hybridized carbons (Fsp3) is 0.462.